The fourth-order valence-electron chi connectivity index (χ4n) is 2.29. The number of rotatable bonds is 5. The molecule has 6 heteroatoms. The molecule has 0 bridgehead atoms. The minimum Gasteiger partial charge on any atom is -0.379 e. The second-order valence-corrected chi connectivity index (χ2v) is 4.61. The van der Waals surface area contributed by atoms with Gasteiger partial charge in [0.1, 0.15) is 5.69 Å². The Balaban J connectivity index is 2.00. The molecule has 0 radical (unpaired) electrons. The van der Waals surface area contributed by atoms with E-state index >= 15 is 0 Å². The molecule has 0 amide bonds. The molecule has 1 aliphatic rings. The molecule has 0 aliphatic carbocycles. The molecule has 1 atom stereocenters. The van der Waals surface area contributed by atoms with Crippen LogP contribution < -0.4 is 10.6 Å². The third kappa shape index (κ3) is 3.42. The topological polar surface area (TPSA) is 91.0 Å². The minimum atomic E-state index is -0.433. The van der Waals surface area contributed by atoms with Crippen molar-refractivity contribution >= 4 is 11.4 Å². The number of hydrogen-bond donors (Lipinski definition) is 2. The Morgan fingerprint density at radius 2 is 2.42 bits per heavy atom. The third-order valence-corrected chi connectivity index (χ3v) is 3.29. The first kappa shape index (κ1) is 13.3. The molecule has 1 fully saturated rings. The zero-order valence-corrected chi connectivity index (χ0v) is 10.6. The maximum absolute atomic E-state index is 10.9. The van der Waals surface area contributed by atoms with Crippen molar-refractivity contribution in [2.45, 2.75) is 25.3 Å². The zero-order chi connectivity index (χ0) is 13.7. The van der Waals surface area contributed by atoms with Gasteiger partial charge in [-0.25, -0.2) is 0 Å². The standard InChI is InChI=1S/C13H16N4O2/c14-9-10-3-4-13(17(18)19)12(8-10)16-7-5-11-2-1-6-15-11/h3-4,8,11,15-16H,1-2,5-7H2. The molecule has 0 spiro atoms. The number of nitrogens with one attached hydrogen (secondary N) is 2. The summed E-state index contributed by atoms with van der Waals surface area (Å²) in [5.74, 6) is 0. The zero-order valence-electron chi connectivity index (χ0n) is 10.6. The van der Waals surface area contributed by atoms with Crippen LogP contribution in [0.15, 0.2) is 18.2 Å². The van der Waals surface area contributed by atoms with Crippen LogP contribution in [0.5, 0.6) is 0 Å². The van der Waals surface area contributed by atoms with Gasteiger partial charge in [-0.3, -0.25) is 10.1 Å². The van der Waals surface area contributed by atoms with Gasteiger partial charge in [0.05, 0.1) is 16.6 Å². The Hall–Kier alpha value is -2.13. The number of benzene rings is 1. The molecule has 19 heavy (non-hydrogen) atoms. The van der Waals surface area contributed by atoms with Crippen molar-refractivity contribution < 1.29 is 4.92 Å². The molecule has 1 aromatic rings. The average molecular weight is 260 g/mol. The van der Waals surface area contributed by atoms with Gasteiger partial charge in [-0.15, -0.1) is 0 Å². The highest BCUT2D eigenvalue weighted by molar-refractivity contribution is 5.64. The molecular weight excluding hydrogens is 244 g/mol. The van der Waals surface area contributed by atoms with Gasteiger partial charge in [0.25, 0.3) is 5.69 Å². The van der Waals surface area contributed by atoms with Crippen LogP contribution in [-0.4, -0.2) is 24.1 Å². The van der Waals surface area contributed by atoms with E-state index in [9.17, 15) is 10.1 Å². The third-order valence-electron chi connectivity index (χ3n) is 3.29. The predicted molar refractivity (Wildman–Crippen MR) is 71.9 cm³/mol. The van der Waals surface area contributed by atoms with Gasteiger partial charge in [0, 0.05) is 18.7 Å². The fraction of sp³-hybridized carbons (Fsp3) is 0.462. The van der Waals surface area contributed by atoms with Gasteiger partial charge >= 0.3 is 0 Å². The summed E-state index contributed by atoms with van der Waals surface area (Å²) in [5.41, 5.74) is 0.854. The number of nitro benzene ring substituents is 1. The average Bonchev–Trinajstić information content (AvgIpc) is 2.91. The quantitative estimate of drug-likeness (QED) is 0.624. The van der Waals surface area contributed by atoms with Gasteiger partial charge in [-0.05, 0) is 37.9 Å². The molecule has 1 saturated heterocycles. The molecule has 2 N–H and O–H groups in total. The number of nitriles is 1. The fourth-order valence-corrected chi connectivity index (χ4v) is 2.29. The van der Waals surface area contributed by atoms with Gasteiger partial charge < -0.3 is 10.6 Å². The summed E-state index contributed by atoms with van der Waals surface area (Å²) in [6, 6.07) is 6.84. The first-order chi connectivity index (χ1) is 9.20. The number of anilines is 1. The highest BCUT2D eigenvalue weighted by atomic mass is 16.6. The molecule has 2 rings (SSSR count). The van der Waals surface area contributed by atoms with Crippen molar-refractivity contribution in [3.05, 3.63) is 33.9 Å². The Labute approximate surface area is 111 Å². The Bertz CT molecular complexity index is 504. The molecule has 6 nitrogen and oxygen atoms in total. The summed E-state index contributed by atoms with van der Waals surface area (Å²) in [6.45, 7) is 1.71. The summed E-state index contributed by atoms with van der Waals surface area (Å²) < 4.78 is 0. The SMILES string of the molecule is N#Cc1ccc([N+](=O)[O-])c(NCCC2CCCN2)c1. The molecule has 0 saturated carbocycles. The Kier molecular flexibility index (Phi) is 4.31. The van der Waals surface area contributed by atoms with Gasteiger partial charge in [-0.1, -0.05) is 0 Å². The van der Waals surface area contributed by atoms with E-state index < -0.39 is 4.92 Å². The van der Waals surface area contributed by atoms with Crippen molar-refractivity contribution in [3.63, 3.8) is 0 Å². The van der Waals surface area contributed by atoms with Crippen LogP contribution in [0.3, 0.4) is 0 Å². The maximum Gasteiger partial charge on any atom is 0.292 e. The van der Waals surface area contributed by atoms with E-state index in [1.54, 1.807) is 0 Å². The van der Waals surface area contributed by atoms with Crippen LogP contribution in [0.2, 0.25) is 0 Å². The van der Waals surface area contributed by atoms with Crippen LogP contribution in [-0.2, 0) is 0 Å². The van der Waals surface area contributed by atoms with Gasteiger partial charge in [0.2, 0.25) is 0 Å². The van der Waals surface area contributed by atoms with E-state index in [1.165, 1.54) is 24.6 Å². The lowest BCUT2D eigenvalue weighted by Gasteiger charge is -2.11. The van der Waals surface area contributed by atoms with E-state index in [-0.39, 0.29) is 5.69 Å². The second-order valence-electron chi connectivity index (χ2n) is 4.61. The summed E-state index contributed by atoms with van der Waals surface area (Å²) in [7, 11) is 0. The maximum atomic E-state index is 10.9. The van der Waals surface area contributed by atoms with Crippen LogP contribution >= 0.6 is 0 Å². The van der Waals surface area contributed by atoms with Crippen molar-refractivity contribution in [2.75, 3.05) is 18.4 Å². The minimum absolute atomic E-state index is 0.0124. The number of hydrogen-bond acceptors (Lipinski definition) is 5. The van der Waals surface area contributed by atoms with Crippen molar-refractivity contribution in [3.8, 4) is 6.07 Å². The summed E-state index contributed by atoms with van der Waals surface area (Å²) >= 11 is 0. The smallest absolute Gasteiger partial charge is 0.292 e. The monoisotopic (exact) mass is 260 g/mol. The first-order valence-corrected chi connectivity index (χ1v) is 6.36. The largest absolute Gasteiger partial charge is 0.379 e. The lowest BCUT2D eigenvalue weighted by Crippen LogP contribution is -2.24. The highest BCUT2D eigenvalue weighted by Gasteiger charge is 2.16. The van der Waals surface area contributed by atoms with Crippen molar-refractivity contribution in [1.29, 1.82) is 5.26 Å². The molecular formula is C13H16N4O2. The lowest BCUT2D eigenvalue weighted by molar-refractivity contribution is -0.384. The summed E-state index contributed by atoms with van der Waals surface area (Å²) in [5, 5.41) is 26.2. The van der Waals surface area contributed by atoms with E-state index in [0.717, 1.165) is 19.4 Å². The normalized spacial score (nSPS) is 17.9. The van der Waals surface area contributed by atoms with Crippen LogP contribution in [0, 0.1) is 21.4 Å². The number of nitro groups is 1. The van der Waals surface area contributed by atoms with E-state index in [4.69, 9.17) is 5.26 Å². The molecule has 100 valence electrons. The van der Waals surface area contributed by atoms with E-state index in [0.29, 0.717) is 23.8 Å². The summed E-state index contributed by atoms with van der Waals surface area (Å²) in [6.07, 6.45) is 3.27. The number of nitrogens with zero attached hydrogens (tertiary/aromatic N) is 2. The van der Waals surface area contributed by atoms with E-state index in [2.05, 4.69) is 10.6 Å². The summed E-state index contributed by atoms with van der Waals surface area (Å²) in [4.78, 5) is 10.5. The molecule has 1 aliphatic heterocycles. The van der Waals surface area contributed by atoms with Crippen LogP contribution in [0.1, 0.15) is 24.8 Å². The molecule has 1 aromatic carbocycles. The van der Waals surface area contributed by atoms with Gasteiger partial charge in [0.15, 0.2) is 0 Å². The predicted octanol–water partition coefficient (Wildman–Crippen LogP) is 2.02. The highest BCUT2D eigenvalue weighted by Crippen LogP contribution is 2.25. The molecule has 1 unspecified atom stereocenters. The Morgan fingerprint density at radius 1 is 1.58 bits per heavy atom. The first-order valence-electron chi connectivity index (χ1n) is 6.36. The van der Waals surface area contributed by atoms with E-state index in [1.807, 2.05) is 6.07 Å². The van der Waals surface area contributed by atoms with Crippen LogP contribution in [0.25, 0.3) is 0 Å². The Morgan fingerprint density at radius 3 is 3.05 bits per heavy atom. The second kappa shape index (κ2) is 6.16. The lowest BCUT2D eigenvalue weighted by atomic mass is 10.1. The van der Waals surface area contributed by atoms with Gasteiger partial charge in [-0.2, -0.15) is 5.26 Å². The van der Waals surface area contributed by atoms with Crippen LogP contribution in [0.4, 0.5) is 11.4 Å². The van der Waals surface area contributed by atoms with Crippen molar-refractivity contribution in [1.82, 2.24) is 5.32 Å². The molecule has 1 heterocycles. The molecule has 0 aromatic heterocycles. The van der Waals surface area contributed by atoms with Crippen molar-refractivity contribution in [2.24, 2.45) is 0 Å².